The summed E-state index contributed by atoms with van der Waals surface area (Å²) in [4.78, 5) is 12.9. The van der Waals surface area contributed by atoms with Crippen LogP contribution in [0, 0.1) is 23.0 Å². The van der Waals surface area contributed by atoms with Gasteiger partial charge in [-0.1, -0.05) is 0 Å². The van der Waals surface area contributed by atoms with Gasteiger partial charge in [0.1, 0.15) is 5.82 Å². The Hall–Kier alpha value is -1.68. The summed E-state index contributed by atoms with van der Waals surface area (Å²) in [6.07, 6.45) is 0.205. The van der Waals surface area contributed by atoms with Crippen LogP contribution in [0.2, 0.25) is 0 Å². The van der Waals surface area contributed by atoms with Crippen molar-refractivity contribution in [3.8, 4) is 11.8 Å². The molecular formula is C12H11BrF2N2O2. The zero-order valence-corrected chi connectivity index (χ0v) is 11.7. The van der Waals surface area contributed by atoms with Crippen LogP contribution >= 0.6 is 15.9 Å². The van der Waals surface area contributed by atoms with Gasteiger partial charge in [0.25, 0.3) is 5.91 Å². The van der Waals surface area contributed by atoms with E-state index in [2.05, 4.69) is 15.9 Å². The lowest BCUT2D eigenvalue weighted by Crippen LogP contribution is -2.32. The number of hydrogen-bond acceptors (Lipinski definition) is 3. The standard InChI is InChI=1S/C12H11BrF2N2O2/c1-17(4-2-3-16)11(18)7-19-12-9(13)5-8(14)6-10(12)15/h5-6H,2,4,7H2,1H3. The first-order valence-electron chi connectivity index (χ1n) is 5.34. The third-order valence-electron chi connectivity index (χ3n) is 2.29. The van der Waals surface area contributed by atoms with Gasteiger partial charge in [0.15, 0.2) is 18.2 Å². The first kappa shape index (κ1) is 15.4. The second-order valence-electron chi connectivity index (χ2n) is 3.71. The molecule has 0 fully saturated rings. The van der Waals surface area contributed by atoms with Crippen LogP contribution in [0.5, 0.6) is 5.75 Å². The first-order chi connectivity index (χ1) is 8.95. The van der Waals surface area contributed by atoms with E-state index in [4.69, 9.17) is 10.00 Å². The van der Waals surface area contributed by atoms with E-state index >= 15 is 0 Å². The number of carbonyl (C=O) groups excluding carboxylic acids is 1. The van der Waals surface area contributed by atoms with E-state index in [0.717, 1.165) is 6.07 Å². The maximum Gasteiger partial charge on any atom is 0.260 e. The molecule has 0 unspecified atom stereocenters. The number of carbonyl (C=O) groups is 1. The van der Waals surface area contributed by atoms with Crippen molar-refractivity contribution in [2.45, 2.75) is 6.42 Å². The molecule has 1 amide bonds. The molecule has 1 aromatic rings. The number of amides is 1. The van der Waals surface area contributed by atoms with E-state index < -0.39 is 17.5 Å². The van der Waals surface area contributed by atoms with Crippen LogP contribution in [-0.2, 0) is 4.79 Å². The lowest BCUT2D eigenvalue weighted by atomic mass is 10.3. The van der Waals surface area contributed by atoms with Crippen LogP contribution in [0.3, 0.4) is 0 Å². The van der Waals surface area contributed by atoms with E-state index in [1.54, 1.807) is 0 Å². The molecule has 0 N–H and O–H groups in total. The average molecular weight is 333 g/mol. The molecule has 0 saturated carbocycles. The zero-order chi connectivity index (χ0) is 14.4. The van der Waals surface area contributed by atoms with Crippen molar-refractivity contribution in [3.63, 3.8) is 0 Å². The molecule has 0 aliphatic rings. The number of ether oxygens (including phenoxy) is 1. The lowest BCUT2D eigenvalue weighted by Gasteiger charge is -2.16. The fourth-order valence-electron chi connectivity index (χ4n) is 1.25. The summed E-state index contributed by atoms with van der Waals surface area (Å²) in [7, 11) is 1.51. The number of hydrogen-bond donors (Lipinski definition) is 0. The molecule has 7 heteroatoms. The molecule has 0 aliphatic heterocycles. The molecule has 1 aromatic carbocycles. The third kappa shape index (κ3) is 4.48. The molecule has 19 heavy (non-hydrogen) atoms. The second-order valence-corrected chi connectivity index (χ2v) is 4.56. The van der Waals surface area contributed by atoms with Crippen molar-refractivity contribution in [2.24, 2.45) is 0 Å². The third-order valence-corrected chi connectivity index (χ3v) is 2.88. The molecule has 1 rings (SSSR count). The number of nitrogens with zero attached hydrogens (tertiary/aromatic N) is 2. The van der Waals surface area contributed by atoms with Crippen LogP contribution in [0.1, 0.15) is 6.42 Å². The van der Waals surface area contributed by atoms with Crippen LogP contribution < -0.4 is 4.74 Å². The highest BCUT2D eigenvalue weighted by Gasteiger charge is 2.14. The predicted molar refractivity (Wildman–Crippen MR) is 67.4 cm³/mol. The summed E-state index contributed by atoms with van der Waals surface area (Å²) in [6, 6.07) is 3.62. The highest BCUT2D eigenvalue weighted by Crippen LogP contribution is 2.29. The van der Waals surface area contributed by atoms with Gasteiger partial charge < -0.3 is 9.64 Å². The van der Waals surface area contributed by atoms with Gasteiger partial charge in [0.05, 0.1) is 17.0 Å². The summed E-state index contributed by atoms with van der Waals surface area (Å²) >= 11 is 2.95. The Labute approximate surface area is 117 Å². The van der Waals surface area contributed by atoms with Gasteiger partial charge in [-0.05, 0) is 22.0 Å². The van der Waals surface area contributed by atoms with Crippen molar-refractivity contribution < 1.29 is 18.3 Å². The summed E-state index contributed by atoms with van der Waals surface area (Å²) in [6.45, 7) is -0.116. The van der Waals surface area contributed by atoms with Crippen molar-refractivity contribution in [3.05, 3.63) is 28.2 Å². The summed E-state index contributed by atoms with van der Waals surface area (Å²) < 4.78 is 31.4. The minimum Gasteiger partial charge on any atom is -0.479 e. The fraction of sp³-hybridized carbons (Fsp3) is 0.333. The van der Waals surface area contributed by atoms with E-state index in [1.165, 1.54) is 11.9 Å². The molecule has 0 aromatic heterocycles. The molecule has 0 atom stereocenters. The van der Waals surface area contributed by atoms with Crippen molar-refractivity contribution in [1.82, 2.24) is 4.90 Å². The van der Waals surface area contributed by atoms with Crippen molar-refractivity contribution in [1.29, 1.82) is 5.26 Å². The van der Waals surface area contributed by atoms with Crippen LogP contribution in [0.25, 0.3) is 0 Å². The normalized spacial score (nSPS) is 9.84. The van der Waals surface area contributed by atoms with Crippen LogP contribution in [0.15, 0.2) is 16.6 Å². The highest BCUT2D eigenvalue weighted by molar-refractivity contribution is 9.10. The Kier molecular flexibility index (Phi) is 5.70. The number of likely N-dealkylation sites (N-methyl/N-ethyl adjacent to an activating group) is 1. The molecule has 0 radical (unpaired) electrons. The number of rotatable bonds is 5. The predicted octanol–water partition coefficient (Wildman–Crippen LogP) is 2.48. The summed E-state index contributed by atoms with van der Waals surface area (Å²) in [5.41, 5.74) is 0. The summed E-state index contributed by atoms with van der Waals surface area (Å²) in [5, 5.41) is 8.39. The Balaban J connectivity index is 2.63. The molecule has 0 heterocycles. The van der Waals surface area contributed by atoms with Gasteiger partial charge in [-0.3, -0.25) is 4.79 Å². The van der Waals surface area contributed by atoms with E-state index in [0.29, 0.717) is 6.07 Å². The summed E-state index contributed by atoms with van der Waals surface area (Å²) in [5.74, 6) is -2.25. The van der Waals surface area contributed by atoms with E-state index in [1.807, 2.05) is 6.07 Å². The quantitative estimate of drug-likeness (QED) is 0.832. The number of nitriles is 1. The number of benzene rings is 1. The van der Waals surface area contributed by atoms with Gasteiger partial charge in [0.2, 0.25) is 0 Å². The van der Waals surface area contributed by atoms with Crippen LogP contribution in [-0.4, -0.2) is 31.0 Å². The van der Waals surface area contributed by atoms with E-state index in [-0.39, 0.29) is 29.8 Å². The number of halogens is 3. The van der Waals surface area contributed by atoms with Gasteiger partial charge in [-0.2, -0.15) is 5.26 Å². The van der Waals surface area contributed by atoms with Crippen molar-refractivity contribution >= 4 is 21.8 Å². The molecule has 0 aliphatic carbocycles. The van der Waals surface area contributed by atoms with Crippen molar-refractivity contribution in [2.75, 3.05) is 20.2 Å². The Bertz CT molecular complexity index is 494. The lowest BCUT2D eigenvalue weighted by molar-refractivity contribution is -0.132. The smallest absolute Gasteiger partial charge is 0.260 e. The first-order valence-corrected chi connectivity index (χ1v) is 6.13. The molecular weight excluding hydrogens is 322 g/mol. The second kappa shape index (κ2) is 7.04. The molecule has 0 saturated heterocycles. The van der Waals surface area contributed by atoms with Crippen LogP contribution in [0.4, 0.5) is 8.78 Å². The Morgan fingerprint density at radius 2 is 2.21 bits per heavy atom. The monoisotopic (exact) mass is 332 g/mol. The minimum atomic E-state index is -0.889. The maximum atomic E-state index is 13.4. The minimum absolute atomic E-state index is 0.0949. The topological polar surface area (TPSA) is 53.3 Å². The molecule has 4 nitrogen and oxygen atoms in total. The average Bonchev–Trinajstić information content (AvgIpc) is 2.34. The Morgan fingerprint density at radius 3 is 2.79 bits per heavy atom. The largest absolute Gasteiger partial charge is 0.479 e. The van der Waals surface area contributed by atoms with E-state index in [9.17, 15) is 13.6 Å². The SMILES string of the molecule is CN(CCC#N)C(=O)COc1c(F)cc(F)cc1Br. The molecule has 0 bridgehead atoms. The Morgan fingerprint density at radius 1 is 1.53 bits per heavy atom. The van der Waals surface area contributed by atoms with Gasteiger partial charge in [0, 0.05) is 19.7 Å². The zero-order valence-electron chi connectivity index (χ0n) is 10.1. The molecule has 102 valence electrons. The highest BCUT2D eigenvalue weighted by atomic mass is 79.9. The van der Waals surface area contributed by atoms with Gasteiger partial charge >= 0.3 is 0 Å². The molecule has 0 spiro atoms. The van der Waals surface area contributed by atoms with Gasteiger partial charge in [-0.15, -0.1) is 0 Å². The maximum absolute atomic E-state index is 13.4. The fourth-order valence-corrected chi connectivity index (χ4v) is 1.78. The van der Waals surface area contributed by atoms with Gasteiger partial charge in [-0.25, -0.2) is 8.78 Å².